The lowest BCUT2D eigenvalue weighted by Crippen LogP contribution is -2.49. The molecule has 0 radical (unpaired) electrons. The molecule has 1 aromatic rings. The molecule has 1 N–H and O–H groups in total. The van der Waals surface area contributed by atoms with Gasteiger partial charge in [0.2, 0.25) is 11.8 Å². The van der Waals surface area contributed by atoms with Crippen molar-refractivity contribution >= 4 is 23.2 Å². The lowest BCUT2D eigenvalue weighted by atomic mass is 9.99. The van der Waals surface area contributed by atoms with E-state index in [-0.39, 0.29) is 11.8 Å². The number of carbonyl (C=O) groups excluding carboxylic acids is 2. The number of amides is 2. The topological polar surface area (TPSA) is 55.9 Å². The number of anilines is 2. The van der Waals surface area contributed by atoms with Gasteiger partial charge in [-0.2, -0.15) is 0 Å². The van der Waals surface area contributed by atoms with E-state index in [0.717, 1.165) is 37.8 Å². The van der Waals surface area contributed by atoms with Crippen LogP contribution in [-0.4, -0.2) is 67.4 Å². The highest BCUT2D eigenvalue weighted by molar-refractivity contribution is 5.92. The molecule has 26 heavy (non-hydrogen) atoms. The number of nitrogens with one attached hydrogen (secondary N) is 1. The van der Waals surface area contributed by atoms with E-state index in [0.29, 0.717) is 19.6 Å². The first-order valence-electron chi connectivity index (χ1n) is 9.64. The molecule has 2 aliphatic heterocycles. The Hall–Kier alpha value is -2.08. The molecule has 0 aromatic heterocycles. The van der Waals surface area contributed by atoms with Crippen molar-refractivity contribution in [2.24, 2.45) is 5.92 Å². The van der Waals surface area contributed by atoms with Crippen molar-refractivity contribution in [3.63, 3.8) is 0 Å². The van der Waals surface area contributed by atoms with Crippen LogP contribution in [0.2, 0.25) is 0 Å². The van der Waals surface area contributed by atoms with Crippen molar-refractivity contribution in [3.8, 4) is 0 Å². The molecular formula is C20H30N4O2. The number of nitrogens with zero attached hydrogens (tertiary/aromatic N) is 3. The smallest absolute Gasteiger partial charge is 0.238 e. The van der Waals surface area contributed by atoms with E-state index in [1.807, 2.05) is 17.0 Å². The molecule has 6 nitrogen and oxygen atoms in total. The summed E-state index contributed by atoms with van der Waals surface area (Å²) in [6, 6.07) is 8.16. The van der Waals surface area contributed by atoms with Crippen LogP contribution >= 0.6 is 0 Å². The average Bonchev–Trinajstić information content (AvgIpc) is 2.63. The van der Waals surface area contributed by atoms with Gasteiger partial charge in [-0.3, -0.25) is 14.5 Å². The zero-order valence-electron chi connectivity index (χ0n) is 15.9. The fraction of sp³-hybridized carbons (Fsp3) is 0.600. The van der Waals surface area contributed by atoms with Crippen molar-refractivity contribution < 1.29 is 9.59 Å². The Kier molecular flexibility index (Phi) is 6.14. The first kappa shape index (κ1) is 18.7. The van der Waals surface area contributed by atoms with Crippen molar-refractivity contribution in [3.05, 3.63) is 24.3 Å². The molecule has 1 aromatic carbocycles. The van der Waals surface area contributed by atoms with Gasteiger partial charge in [-0.05, 0) is 43.0 Å². The second-order valence-corrected chi connectivity index (χ2v) is 7.55. The number of carbonyl (C=O) groups is 2. The van der Waals surface area contributed by atoms with Gasteiger partial charge in [0.05, 0.1) is 6.54 Å². The maximum Gasteiger partial charge on any atom is 0.238 e. The number of hydrogen-bond acceptors (Lipinski definition) is 4. The van der Waals surface area contributed by atoms with Gasteiger partial charge >= 0.3 is 0 Å². The maximum atomic E-state index is 12.3. The van der Waals surface area contributed by atoms with Gasteiger partial charge in [-0.1, -0.05) is 6.92 Å². The van der Waals surface area contributed by atoms with Gasteiger partial charge in [0.1, 0.15) is 0 Å². The Morgan fingerprint density at radius 2 is 1.62 bits per heavy atom. The number of piperazine rings is 1. The average molecular weight is 358 g/mol. The van der Waals surface area contributed by atoms with Crippen molar-refractivity contribution in [1.29, 1.82) is 0 Å². The van der Waals surface area contributed by atoms with Gasteiger partial charge in [0.15, 0.2) is 0 Å². The number of rotatable bonds is 4. The second kappa shape index (κ2) is 8.54. The van der Waals surface area contributed by atoms with Crippen LogP contribution in [-0.2, 0) is 9.59 Å². The number of hydrogen-bond donors (Lipinski definition) is 1. The molecule has 0 spiro atoms. The van der Waals surface area contributed by atoms with E-state index in [2.05, 4.69) is 34.2 Å². The molecule has 0 unspecified atom stereocenters. The number of piperidine rings is 1. The van der Waals surface area contributed by atoms with E-state index in [9.17, 15) is 9.59 Å². The molecule has 0 bridgehead atoms. The molecule has 2 amide bonds. The predicted octanol–water partition coefficient (Wildman–Crippen LogP) is 2.03. The van der Waals surface area contributed by atoms with E-state index in [1.54, 1.807) is 6.92 Å². The molecular weight excluding hydrogens is 328 g/mol. The molecule has 2 aliphatic rings. The van der Waals surface area contributed by atoms with Gasteiger partial charge < -0.3 is 15.1 Å². The summed E-state index contributed by atoms with van der Waals surface area (Å²) in [5, 5.41) is 2.98. The maximum absolute atomic E-state index is 12.3. The van der Waals surface area contributed by atoms with Gasteiger partial charge in [-0.25, -0.2) is 0 Å². The highest BCUT2D eigenvalue weighted by Gasteiger charge is 2.20. The van der Waals surface area contributed by atoms with E-state index >= 15 is 0 Å². The first-order valence-corrected chi connectivity index (χ1v) is 9.64. The van der Waals surface area contributed by atoms with E-state index < -0.39 is 0 Å². The lowest BCUT2D eigenvalue weighted by Gasteiger charge is -2.33. The molecule has 2 heterocycles. The monoisotopic (exact) mass is 358 g/mol. The van der Waals surface area contributed by atoms with Crippen LogP contribution in [0.15, 0.2) is 24.3 Å². The lowest BCUT2D eigenvalue weighted by molar-refractivity contribution is -0.130. The summed E-state index contributed by atoms with van der Waals surface area (Å²) in [5.74, 6) is 0.931. The highest BCUT2D eigenvalue weighted by atomic mass is 16.2. The van der Waals surface area contributed by atoms with Crippen LogP contribution in [0.5, 0.6) is 0 Å². The molecule has 6 heteroatoms. The van der Waals surface area contributed by atoms with Crippen molar-refractivity contribution in [2.75, 3.05) is 56.0 Å². The zero-order valence-corrected chi connectivity index (χ0v) is 15.9. The summed E-state index contributed by atoms with van der Waals surface area (Å²) in [7, 11) is 0. The summed E-state index contributed by atoms with van der Waals surface area (Å²) in [6.45, 7) is 9.40. The Morgan fingerprint density at radius 3 is 2.19 bits per heavy atom. The molecule has 3 rings (SSSR count). The third-order valence-electron chi connectivity index (χ3n) is 5.48. The summed E-state index contributed by atoms with van der Waals surface area (Å²) < 4.78 is 0. The summed E-state index contributed by atoms with van der Waals surface area (Å²) in [4.78, 5) is 30.0. The Balaban J connectivity index is 1.45. The van der Waals surface area contributed by atoms with Gasteiger partial charge in [0.25, 0.3) is 0 Å². The first-order chi connectivity index (χ1) is 12.5. The Bertz CT molecular complexity index is 615. The zero-order chi connectivity index (χ0) is 18.5. The second-order valence-electron chi connectivity index (χ2n) is 7.55. The summed E-state index contributed by atoms with van der Waals surface area (Å²) >= 11 is 0. The predicted molar refractivity (Wildman–Crippen MR) is 104 cm³/mol. The van der Waals surface area contributed by atoms with Crippen LogP contribution in [0.1, 0.15) is 26.7 Å². The standard InChI is InChI=1S/C20H30N4O2/c1-16-7-9-24(10-8-16)19-5-3-18(4-6-19)21-20(26)15-22-11-13-23(14-12-22)17(2)25/h3-6,16H,7-15H2,1-2H3,(H,21,26). The molecule has 0 saturated carbocycles. The molecule has 0 atom stereocenters. The van der Waals surface area contributed by atoms with Crippen molar-refractivity contribution in [1.82, 2.24) is 9.80 Å². The third kappa shape index (κ3) is 4.97. The van der Waals surface area contributed by atoms with Crippen LogP contribution in [0.3, 0.4) is 0 Å². The van der Waals surface area contributed by atoms with E-state index in [1.165, 1.54) is 18.5 Å². The Labute approximate surface area is 156 Å². The highest BCUT2D eigenvalue weighted by Crippen LogP contribution is 2.24. The largest absolute Gasteiger partial charge is 0.372 e. The minimum Gasteiger partial charge on any atom is -0.372 e. The molecule has 0 aliphatic carbocycles. The fourth-order valence-corrected chi connectivity index (χ4v) is 3.65. The van der Waals surface area contributed by atoms with Crippen molar-refractivity contribution in [2.45, 2.75) is 26.7 Å². The number of benzene rings is 1. The minimum atomic E-state index is 0.000761. The van der Waals surface area contributed by atoms with Crippen LogP contribution in [0.4, 0.5) is 11.4 Å². The van der Waals surface area contributed by atoms with Crippen LogP contribution in [0, 0.1) is 5.92 Å². The minimum absolute atomic E-state index is 0.000761. The van der Waals surface area contributed by atoms with Crippen LogP contribution < -0.4 is 10.2 Å². The molecule has 2 saturated heterocycles. The van der Waals surface area contributed by atoms with Gasteiger partial charge in [0, 0.05) is 57.6 Å². The van der Waals surface area contributed by atoms with E-state index in [4.69, 9.17) is 0 Å². The third-order valence-corrected chi connectivity index (χ3v) is 5.48. The summed E-state index contributed by atoms with van der Waals surface area (Å²) in [5.41, 5.74) is 2.07. The molecule has 142 valence electrons. The molecule has 2 fully saturated rings. The fourth-order valence-electron chi connectivity index (χ4n) is 3.65. The normalized spacial score (nSPS) is 19.5. The Morgan fingerprint density at radius 1 is 1.00 bits per heavy atom. The SMILES string of the molecule is CC(=O)N1CCN(CC(=O)Nc2ccc(N3CCC(C)CC3)cc2)CC1. The van der Waals surface area contributed by atoms with Crippen LogP contribution in [0.25, 0.3) is 0 Å². The summed E-state index contributed by atoms with van der Waals surface area (Å²) in [6.07, 6.45) is 2.49. The quantitative estimate of drug-likeness (QED) is 0.895. The van der Waals surface area contributed by atoms with Gasteiger partial charge in [-0.15, -0.1) is 0 Å².